The van der Waals surface area contributed by atoms with Crippen LogP contribution < -0.4 is 5.32 Å². The highest BCUT2D eigenvalue weighted by Crippen LogP contribution is 2.32. The average Bonchev–Trinajstić information content (AvgIpc) is 2.28. The van der Waals surface area contributed by atoms with Gasteiger partial charge in [-0.3, -0.25) is 0 Å². The molecule has 1 heterocycles. The lowest BCUT2D eigenvalue weighted by Gasteiger charge is -2.33. The second-order valence-electron chi connectivity index (χ2n) is 4.22. The molecule has 1 aromatic carbocycles. The van der Waals surface area contributed by atoms with Crippen LogP contribution in [-0.4, -0.2) is 38.4 Å². The van der Waals surface area contributed by atoms with Crippen LogP contribution in [-0.2, 0) is 10.0 Å². The Hall–Kier alpha value is -0.140. The summed E-state index contributed by atoms with van der Waals surface area (Å²) in [7, 11) is -3.56. The Morgan fingerprint density at radius 3 is 2.83 bits per heavy atom. The van der Waals surface area contributed by atoms with Crippen molar-refractivity contribution in [2.24, 2.45) is 0 Å². The number of nitrogens with one attached hydrogen (secondary N) is 1. The number of rotatable bonds is 2. The van der Waals surface area contributed by atoms with Gasteiger partial charge >= 0.3 is 0 Å². The average molecular weight is 354 g/mol. The molecule has 1 aliphatic heterocycles. The summed E-state index contributed by atoms with van der Waals surface area (Å²) in [6, 6.07) is 4.91. The van der Waals surface area contributed by atoms with E-state index >= 15 is 0 Å². The highest BCUT2D eigenvalue weighted by atomic mass is 79.9. The van der Waals surface area contributed by atoms with Crippen LogP contribution in [0.1, 0.15) is 6.92 Å². The summed E-state index contributed by atoms with van der Waals surface area (Å²) in [5.74, 6) is 0. The maximum absolute atomic E-state index is 12.6. The number of halogens is 2. The molecular formula is C11H14BrClN2O2S. The van der Waals surface area contributed by atoms with Crippen LogP contribution in [0.4, 0.5) is 0 Å². The van der Waals surface area contributed by atoms with Gasteiger partial charge in [0.05, 0.1) is 5.02 Å². The number of benzene rings is 1. The summed E-state index contributed by atoms with van der Waals surface area (Å²) in [5.41, 5.74) is 0. The van der Waals surface area contributed by atoms with Crippen LogP contribution >= 0.6 is 27.5 Å². The van der Waals surface area contributed by atoms with E-state index in [-0.39, 0.29) is 16.0 Å². The van der Waals surface area contributed by atoms with E-state index in [4.69, 9.17) is 11.6 Å². The summed E-state index contributed by atoms with van der Waals surface area (Å²) in [6.07, 6.45) is 0. The molecule has 2 rings (SSSR count). The van der Waals surface area contributed by atoms with E-state index in [0.29, 0.717) is 24.1 Å². The zero-order valence-electron chi connectivity index (χ0n) is 9.86. The molecule has 0 aliphatic carbocycles. The van der Waals surface area contributed by atoms with Gasteiger partial charge in [-0.05, 0) is 35.0 Å². The minimum absolute atomic E-state index is 0.0769. The van der Waals surface area contributed by atoms with Crippen molar-refractivity contribution < 1.29 is 8.42 Å². The first kappa shape index (κ1) is 14.3. The van der Waals surface area contributed by atoms with Crippen LogP contribution in [0.2, 0.25) is 5.02 Å². The van der Waals surface area contributed by atoms with Crippen molar-refractivity contribution in [1.82, 2.24) is 9.62 Å². The van der Waals surface area contributed by atoms with Gasteiger partial charge in [-0.15, -0.1) is 0 Å². The van der Waals surface area contributed by atoms with Crippen molar-refractivity contribution in [2.75, 3.05) is 19.6 Å². The number of nitrogens with zero attached hydrogens (tertiary/aromatic N) is 1. The molecule has 1 aliphatic rings. The van der Waals surface area contributed by atoms with E-state index in [2.05, 4.69) is 21.2 Å². The van der Waals surface area contributed by atoms with Gasteiger partial charge in [0.2, 0.25) is 10.0 Å². The Kier molecular flexibility index (Phi) is 4.33. The van der Waals surface area contributed by atoms with Gasteiger partial charge in [-0.25, -0.2) is 8.42 Å². The third kappa shape index (κ3) is 2.58. The molecule has 18 heavy (non-hydrogen) atoms. The Bertz CT molecular complexity index is 530. The lowest BCUT2D eigenvalue weighted by Crippen LogP contribution is -2.52. The van der Waals surface area contributed by atoms with Gasteiger partial charge in [0.15, 0.2) is 0 Å². The van der Waals surface area contributed by atoms with Gasteiger partial charge in [0.25, 0.3) is 0 Å². The number of hydrogen-bond acceptors (Lipinski definition) is 3. The molecule has 1 aromatic rings. The molecule has 0 aromatic heterocycles. The standard InChI is InChI=1S/C11H14BrClN2O2S/c1-8-7-14-5-6-15(8)18(16,17)11-9(12)3-2-4-10(11)13/h2-4,8,14H,5-7H2,1H3. The Morgan fingerprint density at radius 1 is 1.50 bits per heavy atom. The first-order valence-corrected chi connectivity index (χ1v) is 8.22. The number of sulfonamides is 1. The van der Waals surface area contributed by atoms with E-state index < -0.39 is 10.0 Å². The van der Waals surface area contributed by atoms with E-state index in [1.807, 2.05) is 6.92 Å². The van der Waals surface area contributed by atoms with Crippen LogP contribution in [0.5, 0.6) is 0 Å². The minimum Gasteiger partial charge on any atom is -0.314 e. The zero-order chi connectivity index (χ0) is 13.3. The molecule has 1 saturated heterocycles. The summed E-state index contributed by atoms with van der Waals surface area (Å²) < 4.78 is 27.2. The monoisotopic (exact) mass is 352 g/mol. The second kappa shape index (κ2) is 5.46. The summed E-state index contributed by atoms with van der Waals surface area (Å²) in [4.78, 5) is 0.153. The molecule has 7 heteroatoms. The molecular weight excluding hydrogens is 340 g/mol. The van der Waals surface area contributed by atoms with Crippen molar-refractivity contribution in [3.63, 3.8) is 0 Å². The molecule has 0 spiro atoms. The predicted octanol–water partition coefficient (Wildman–Crippen LogP) is 2.08. The minimum atomic E-state index is -3.56. The van der Waals surface area contributed by atoms with E-state index in [1.54, 1.807) is 18.2 Å². The van der Waals surface area contributed by atoms with Crippen molar-refractivity contribution in [3.05, 3.63) is 27.7 Å². The summed E-state index contributed by atoms with van der Waals surface area (Å²) >= 11 is 9.29. The summed E-state index contributed by atoms with van der Waals surface area (Å²) in [5, 5.41) is 3.41. The van der Waals surface area contributed by atoms with Crippen LogP contribution in [0, 0.1) is 0 Å². The SMILES string of the molecule is CC1CNCCN1S(=O)(=O)c1c(Cl)cccc1Br. The van der Waals surface area contributed by atoms with E-state index in [1.165, 1.54) is 4.31 Å². The molecule has 0 radical (unpaired) electrons. The fourth-order valence-corrected chi connectivity index (χ4v) is 5.33. The molecule has 1 fully saturated rings. The Labute approximate surface area is 120 Å². The normalized spacial score (nSPS) is 22.1. The van der Waals surface area contributed by atoms with Crippen LogP contribution in [0.15, 0.2) is 27.6 Å². The zero-order valence-corrected chi connectivity index (χ0v) is 13.0. The van der Waals surface area contributed by atoms with Crippen molar-refractivity contribution >= 4 is 37.6 Å². The fraction of sp³-hybridized carbons (Fsp3) is 0.455. The molecule has 4 nitrogen and oxygen atoms in total. The van der Waals surface area contributed by atoms with Crippen LogP contribution in [0.3, 0.4) is 0 Å². The Balaban J connectivity index is 2.48. The molecule has 1 unspecified atom stereocenters. The molecule has 0 amide bonds. The van der Waals surface area contributed by atoms with Crippen molar-refractivity contribution in [2.45, 2.75) is 17.9 Å². The molecule has 100 valence electrons. The Morgan fingerprint density at radius 2 is 2.22 bits per heavy atom. The maximum atomic E-state index is 12.6. The third-order valence-corrected chi connectivity index (χ3v) is 6.39. The fourth-order valence-electron chi connectivity index (χ4n) is 2.03. The highest BCUT2D eigenvalue weighted by molar-refractivity contribution is 9.10. The van der Waals surface area contributed by atoms with Gasteiger partial charge in [0.1, 0.15) is 4.90 Å². The molecule has 1 atom stereocenters. The lowest BCUT2D eigenvalue weighted by atomic mass is 10.3. The van der Waals surface area contributed by atoms with Crippen LogP contribution in [0.25, 0.3) is 0 Å². The highest BCUT2D eigenvalue weighted by Gasteiger charge is 2.33. The predicted molar refractivity (Wildman–Crippen MR) is 75.4 cm³/mol. The van der Waals surface area contributed by atoms with Gasteiger partial charge < -0.3 is 5.32 Å². The van der Waals surface area contributed by atoms with Gasteiger partial charge in [-0.1, -0.05) is 17.7 Å². The van der Waals surface area contributed by atoms with Gasteiger partial charge in [-0.2, -0.15) is 4.31 Å². The molecule has 0 saturated carbocycles. The molecule has 0 bridgehead atoms. The first-order valence-electron chi connectivity index (χ1n) is 5.61. The van der Waals surface area contributed by atoms with E-state index in [9.17, 15) is 8.42 Å². The van der Waals surface area contributed by atoms with Gasteiger partial charge in [0, 0.05) is 30.1 Å². The molecule has 1 N–H and O–H groups in total. The van der Waals surface area contributed by atoms with Crippen molar-refractivity contribution in [1.29, 1.82) is 0 Å². The van der Waals surface area contributed by atoms with Crippen molar-refractivity contribution in [3.8, 4) is 0 Å². The lowest BCUT2D eigenvalue weighted by molar-refractivity contribution is 0.284. The first-order chi connectivity index (χ1) is 8.44. The number of hydrogen-bond donors (Lipinski definition) is 1. The second-order valence-corrected chi connectivity index (χ2v) is 7.31. The maximum Gasteiger partial charge on any atom is 0.246 e. The largest absolute Gasteiger partial charge is 0.314 e. The summed E-state index contributed by atoms with van der Waals surface area (Å²) in [6.45, 7) is 3.66. The number of piperazine rings is 1. The van der Waals surface area contributed by atoms with E-state index in [0.717, 1.165) is 0 Å². The smallest absolute Gasteiger partial charge is 0.246 e. The topological polar surface area (TPSA) is 49.4 Å². The quantitative estimate of drug-likeness (QED) is 0.885. The third-order valence-electron chi connectivity index (χ3n) is 2.93.